The minimum Gasteiger partial charge on any atom is -0.487 e. The Hall–Kier alpha value is -2.44. The SMILES string of the molecule is Cc1cc(Br)c(OCc2ccc(C(=O)OCC(=O)c3ccccc3)cc2)c(Br)c1. The van der Waals surface area contributed by atoms with Gasteiger partial charge in [-0.1, -0.05) is 42.5 Å². The second kappa shape index (κ2) is 9.85. The van der Waals surface area contributed by atoms with Crippen molar-refractivity contribution in [2.45, 2.75) is 13.5 Å². The van der Waals surface area contributed by atoms with E-state index in [9.17, 15) is 9.59 Å². The second-order valence-electron chi connectivity index (χ2n) is 6.41. The number of benzene rings is 3. The Bertz CT molecular complexity index is 992. The smallest absolute Gasteiger partial charge is 0.338 e. The van der Waals surface area contributed by atoms with Gasteiger partial charge in [-0.3, -0.25) is 4.79 Å². The normalized spacial score (nSPS) is 10.4. The van der Waals surface area contributed by atoms with Crippen molar-refractivity contribution in [1.29, 1.82) is 0 Å². The number of halogens is 2. The summed E-state index contributed by atoms with van der Waals surface area (Å²) >= 11 is 7.01. The number of esters is 1. The van der Waals surface area contributed by atoms with E-state index in [0.29, 0.717) is 17.7 Å². The molecule has 0 aliphatic rings. The van der Waals surface area contributed by atoms with E-state index in [2.05, 4.69) is 31.9 Å². The predicted molar refractivity (Wildman–Crippen MR) is 118 cm³/mol. The lowest BCUT2D eigenvalue weighted by Gasteiger charge is -2.11. The maximum atomic E-state index is 12.2. The largest absolute Gasteiger partial charge is 0.487 e. The molecule has 4 nitrogen and oxygen atoms in total. The number of carbonyl (C=O) groups excluding carboxylic acids is 2. The zero-order valence-electron chi connectivity index (χ0n) is 15.7. The highest BCUT2D eigenvalue weighted by Crippen LogP contribution is 2.35. The van der Waals surface area contributed by atoms with Crippen molar-refractivity contribution >= 4 is 43.6 Å². The third kappa shape index (κ3) is 5.78. The van der Waals surface area contributed by atoms with Crippen LogP contribution in [0.15, 0.2) is 75.7 Å². The molecule has 0 saturated heterocycles. The van der Waals surface area contributed by atoms with Crippen LogP contribution in [0.4, 0.5) is 0 Å². The van der Waals surface area contributed by atoms with Crippen molar-refractivity contribution < 1.29 is 19.1 Å². The van der Waals surface area contributed by atoms with Gasteiger partial charge in [-0.2, -0.15) is 0 Å². The summed E-state index contributed by atoms with van der Waals surface area (Å²) in [5.74, 6) is -0.0532. The van der Waals surface area contributed by atoms with Crippen molar-refractivity contribution in [2.24, 2.45) is 0 Å². The van der Waals surface area contributed by atoms with Gasteiger partial charge >= 0.3 is 5.97 Å². The number of Topliss-reactive ketones (excluding diaryl/α,β-unsaturated/α-hetero) is 1. The Balaban J connectivity index is 1.56. The van der Waals surface area contributed by atoms with E-state index in [1.54, 1.807) is 48.5 Å². The van der Waals surface area contributed by atoms with E-state index in [1.165, 1.54) is 0 Å². The molecule has 0 radical (unpaired) electrons. The van der Waals surface area contributed by atoms with Gasteiger partial charge in [-0.05, 0) is 74.2 Å². The molecular formula is C23H18Br2O4. The molecule has 3 aromatic carbocycles. The Kier molecular flexibility index (Phi) is 7.23. The van der Waals surface area contributed by atoms with Gasteiger partial charge in [0.25, 0.3) is 0 Å². The van der Waals surface area contributed by atoms with Crippen LogP contribution in [-0.2, 0) is 11.3 Å². The standard InChI is InChI=1S/C23H18Br2O4/c1-15-11-19(24)22(20(25)12-15)28-13-16-7-9-18(10-8-16)23(27)29-14-21(26)17-5-3-2-4-6-17/h2-12H,13-14H2,1H3. The average molecular weight is 518 g/mol. The number of ether oxygens (including phenoxy) is 2. The van der Waals surface area contributed by atoms with Gasteiger partial charge in [0.15, 0.2) is 12.4 Å². The third-order valence-electron chi connectivity index (χ3n) is 4.15. The van der Waals surface area contributed by atoms with Gasteiger partial charge in [-0.15, -0.1) is 0 Å². The molecule has 0 spiro atoms. The fraction of sp³-hybridized carbons (Fsp3) is 0.130. The highest BCUT2D eigenvalue weighted by atomic mass is 79.9. The first-order valence-corrected chi connectivity index (χ1v) is 10.5. The van der Waals surface area contributed by atoms with Gasteiger partial charge < -0.3 is 9.47 Å². The number of rotatable bonds is 7. The Morgan fingerprint density at radius 3 is 2.10 bits per heavy atom. The van der Waals surface area contributed by atoms with Crippen LogP contribution in [0.2, 0.25) is 0 Å². The van der Waals surface area contributed by atoms with Crippen molar-refractivity contribution in [3.63, 3.8) is 0 Å². The van der Waals surface area contributed by atoms with Crippen LogP contribution in [0.5, 0.6) is 5.75 Å². The number of ketones is 1. The zero-order valence-corrected chi connectivity index (χ0v) is 18.8. The first-order chi connectivity index (χ1) is 13.9. The van der Waals surface area contributed by atoms with Gasteiger partial charge in [0, 0.05) is 5.56 Å². The van der Waals surface area contributed by atoms with Crippen molar-refractivity contribution in [3.05, 3.63) is 97.9 Å². The van der Waals surface area contributed by atoms with Crippen LogP contribution >= 0.6 is 31.9 Å². The molecule has 6 heteroatoms. The molecule has 0 atom stereocenters. The minimum atomic E-state index is -0.536. The zero-order chi connectivity index (χ0) is 20.8. The van der Waals surface area contributed by atoms with Crippen molar-refractivity contribution in [1.82, 2.24) is 0 Å². The highest BCUT2D eigenvalue weighted by Gasteiger charge is 2.12. The van der Waals surface area contributed by atoms with Gasteiger partial charge in [0.05, 0.1) is 14.5 Å². The van der Waals surface area contributed by atoms with Gasteiger partial charge in [0.2, 0.25) is 0 Å². The lowest BCUT2D eigenvalue weighted by atomic mass is 10.1. The molecule has 0 N–H and O–H groups in total. The van der Waals surface area contributed by atoms with Crippen LogP contribution in [0.25, 0.3) is 0 Å². The molecule has 0 unspecified atom stereocenters. The molecule has 29 heavy (non-hydrogen) atoms. The van der Waals surface area contributed by atoms with Crippen molar-refractivity contribution in [2.75, 3.05) is 6.61 Å². The number of aryl methyl sites for hydroxylation is 1. The molecule has 0 saturated carbocycles. The maximum absolute atomic E-state index is 12.2. The monoisotopic (exact) mass is 516 g/mol. The van der Waals surface area contributed by atoms with Crippen LogP contribution in [0, 0.1) is 6.92 Å². The second-order valence-corrected chi connectivity index (χ2v) is 8.12. The molecule has 0 aliphatic carbocycles. The molecule has 0 amide bonds. The van der Waals surface area contributed by atoms with Crippen molar-refractivity contribution in [3.8, 4) is 5.75 Å². The quantitative estimate of drug-likeness (QED) is 0.279. The summed E-state index contributed by atoms with van der Waals surface area (Å²) in [5, 5.41) is 0. The van der Waals surface area contributed by atoms with Crippen LogP contribution < -0.4 is 4.74 Å². The highest BCUT2D eigenvalue weighted by molar-refractivity contribution is 9.11. The third-order valence-corrected chi connectivity index (χ3v) is 5.32. The molecule has 148 valence electrons. The summed E-state index contributed by atoms with van der Waals surface area (Å²) in [4.78, 5) is 24.2. The number of carbonyl (C=O) groups is 2. The summed E-state index contributed by atoms with van der Waals surface area (Å²) < 4.78 is 12.7. The van der Waals surface area contributed by atoms with E-state index >= 15 is 0 Å². The predicted octanol–water partition coefficient (Wildman–Crippen LogP) is 6.14. The summed E-state index contributed by atoms with van der Waals surface area (Å²) in [6, 6.07) is 19.6. The fourth-order valence-corrected chi connectivity index (χ4v) is 4.28. The van der Waals surface area contributed by atoms with Crippen LogP contribution in [0.1, 0.15) is 31.8 Å². The van der Waals surface area contributed by atoms with Gasteiger partial charge in [-0.25, -0.2) is 4.79 Å². The molecule has 0 aliphatic heterocycles. The van der Waals surface area contributed by atoms with Crippen LogP contribution in [0.3, 0.4) is 0 Å². The van der Waals surface area contributed by atoms with E-state index in [1.807, 2.05) is 25.1 Å². The van der Waals surface area contributed by atoms with E-state index in [0.717, 1.165) is 25.8 Å². The first kappa shape index (κ1) is 21.3. The summed E-state index contributed by atoms with van der Waals surface area (Å²) in [7, 11) is 0. The van der Waals surface area contributed by atoms with E-state index in [4.69, 9.17) is 9.47 Å². The molecule has 3 rings (SSSR count). The molecular weight excluding hydrogens is 500 g/mol. The molecule has 0 fully saturated rings. The maximum Gasteiger partial charge on any atom is 0.338 e. The Morgan fingerprint density at radius 1 is 0.862 bits per heavy atom. The molecule has 0 bridgehead atoms. The molecule has 3 aromatic rings. The topological polar surface area (TPSA) is 52.6 Å². The summed E-state index contributed by atoms with van der Waals surface area (Å²) in [6.07, 6.45) is 0. The summed E-state index contributed by atoms with van der Waals surface area (Å²) in [5.41, 5.74) is 2.92. The van der Waals surface area contributed by atoms with Gasteiger partial charge in [0.1, 0.15) is 12.4 Å². The van der Waals surface area contributed by atoms with E-state index in [-0.39, 0.29) is 12.4 Å². The first-order valence-electron chi connectivity index (χ1n) is 8.87. The number of hydrogen-bond donors (Lipinski definition) is 0. The Labute approximate surface area is 186 Å². The summed E-state index contributed by atoms with van der Waals surface area (Å²) in [6.45, 7) is 2.07. The minimum absolute atomic E-state index is 0.238. The van der Waals surface area contributed by atoms with E-state index < -0.39 is 5.97 Å². The lowest BCUT2D eigenvalue weighted by molar-refractivity contribution is 0.0474. The molecule has 0 heterocycles. The van der Waals surface area contributed by atoms with Crippen LogP contribution in [-0.4, -0.2) is 18.4 Å². The Morgan fingerprint density at radius 2 is 1.48 bits per heavy atom. The average Bonchev–Trinajstić information content (AvgIpc) is 2.72. The number of hydrogen-bond acceptors (Lipinski definition) is 4. The lowest BCUT2D eigenvalue weighted by Crippen LogP contribution is -2.14. The fourth-order valence-electron chi connectivity index (χ4n) is 2.64. The molecule has 0 aromatic heterocycles.